The minimum Gasteiger partial charge on any atom is -0.352 e. The topological polar surface area (TPSA) is 90.9 Å². The summed E-state index contributed by atoms with van der Waals surface area (Å²) in [7, 11) is 3.23. The number of imidazole rings is 1. The molecule has 0 saturated heterocycles. The lowest BCUT2D eigenvalue weighted by molar-refractivity contribution is -0.122. The highest BCUT2D eigenvalue weighted by atomic mass is 16.2. The van der Waals surface area contributed by atoms with Crippen LogP contribution >= 0.6 is 0 Å². The summed E-state index contributed by atoms with van der Waals surface area (Å²) in [5.74, 6) is 0.298. The van der Waals surface area contributed by atoms with Crippen molar-refractivity contribution in [3.8, 4) is 0 Å². The van der Waals surface area contributed by atoms with Crippen molar-refractivity contribution >= 4 is 17.1 Å². The van der Waals surface area contributed by atoms with Crippen LogP contribution in [-0.2, 0) is 25.4 Å². The molecular formula is C15H21N5O3. The maximum Gasteiger partial charge on any atom is 0.332 e. The maximum atomic E-state index is 12.5. The first kappa shape index (κ1) is 15.5. The van der Waals surface area contributed by atoms with Crippen LogP contribution in [0.25, 0.3) is 11.2 Å². The molecule has 1 aliphatic rings. The average molecular weight is 319 g/mol. The zero-order chi connectivity index (χ0) is 16.7. The quantitative estimate of drug-likeness (QED) is 0.844. The fraction of sp³-hybridized carbons (Fsp3) is 0.600. The number of carbonyl (C=O) groups is 1. The van der Waals surface area contributed by atoms with Gasteiger partial charge in [-0.05, 0) is 25.2 Å². The molecule has 1 aliphatic carbocycles. The van der Waals surface area contributed by atoms with E-state index in [-0.39, 0.29) is 18.5 Å². The van der Waals surface area contributed by atoms with Crippen LogP contribution in [0.5, 0.6) is 0 Å². The van der Waals surface area contributed by atoms with Crippen molar-refractivity contribution in [2.75, 3.05) is 0 Å². The van der Waals surface area contributed by atoms with E-state index in [1.165, 1.54) is 10.9 Å². The van der Waals surface area contributed by atoms with Gasteiger partial charge in [0.25, 0.3) is 5.56 Å². The average Bonchev–Trinajstić information content (AvgIpc) is 3.07. The molecule has 0 aliphatic heterocycles. The highest BCUT2D eigenvalue weighted by molar-refractivity contribution is 5.77. The maximum absolute atomic E-state index is 12.5. The fourth-order valence-corrected chi connectivity index (χ4v) is 3.29. The summed E-state index contributed by atoms with van der Waals surface area (Å²) in [5.41, 5.74) is -0.382. The Hall–Kier alpha value is -2.38. The van der Waals surface area contributed by atoms with Crippen LogP contribution in [0.15, 0.2) is 15.9 Å². The molecule has 2 aromatic heterocycles. The monoisotopic (exact) mass is 319 g/mol. The molecular weight excluding hydrogens is 298 g/mol. The Balaban J connectivity index is 1.91. The summed E-state index contributed by atoms with van der Waals surface area (Å²) in [6.45, 7) is 1.89. The Morgan fingerprint density at radius 3 is 2.74 bits per heavy atom. The van der Waals surface area contributed by atoms with Gasteiger partial charge in [-0.3, -0.25) is 14.2 Å². The van der Waals surface area contributed by atoms with E-state index >= 15 is 0 Å². The largest absolute Gasteiger partial charge is 0.352 e. The minimum absolute atomic E-state index is 0.137. The molecule has 2 aromatic rings. The minimum atomic E-state index is -0.531. The third-order valence-corrected chi connectivity index (χ3v) is 4.56. The molecule has 1 amide bonds. The molecule has 1 fully saturated rings. The second kappa shape index (κ2) is 5.68. The lowest BCUT2D eigenvalue weighted by Crippen LogP contribution is -2.45. The van der Waals surface area contributed by atoms with Gasteiger partial charge in [0.1, 0.15) is 6.54 Å². The van der Waals surface area contributed by atoms with Crippen LogP contribution in [0.3, 0.4) is 0 Å². The van der Waals surface area contributed by atoms with Crippen molar-refractivity contribution < 1.29 is 4.79 Å². The van der Waals surface area contributed by atoms with Crippen molar-refractivity contribution in [3.63, 3.8) is 0 Å². The number of fused-ring (bicyclic) bond motifs is 1. The summed E-state index contributed by atoms with van der Waals surface area (Å²) in [6, 6.07) is 0.137. The van der Waals surface area contributed by atoms with Gasteiger partial charge in [-0.25, -0.2) is 14.3 Å². The van der Waals surface area contributed by atoms with E-state index in [1.54, 1.807) is 18.7 Å². The zero-order valence-electron chi connectivity index (χ0n) is 13.6. The molecule has 8 heteroatoms. The van der Waals surface area contributed by atoms with Crippen molar-refractivity contribution in [2.24, 2.45) is 20.0 Å². The SMILES string of the molecule is CC1CCC(NC(=O)Cn2c(=O)c3c(ncn3C)n(C)c2=O)C1. The fourth-order valence-electron chi connectivity index (χ4n) is 3.29. The number of nitrogens with zero attached hydrogens (tertiary/aromatic N) is 4. The third-order valence-electron chi connectivity index (χ3n) is 4.56. The molecule has 1 saturated carbocycles. The van der Waals surface area contributed by atoms with Crippen molar-refractivity contribution in [1.82, 2.24) is 24.0 Å². The lowest BCUT2D eigenvalue weighted by atomic mass is 10.1. The molecule has 8 nitrogen and oxygen atoms in total. The van der Waals surface area contributed by atoms with Gasteiger partial charge in [-0.15, -0.1) is 0 Å². The molecule has 0 bridgehead atoms. The molecule has 0 spiro atoms. The molecule has 1 N–H and O–H groups in total. The van der Waals surface area contributed by atoms with E-state index in [0.717, 1.165) is 23.8 Å². The van der Waals surface area contributed by atoms with Gasteiger partial charge in [0, 0.05) is 20.1 Å². The van der Waals surface area contributed by atoms with Gasteiger partial charge in [0.05, 0.1) is 6.33 Å². The number of hydrogen-bond donors (Lipinski definition) is 1. The molecule has 0 aromatic carbocycles. The number of carbonyl (C=O) groups excluding carboxylic acids is 1. The molecule has 2 heterocycles. The van der Waals surface area contributed by atoms with E-state index in [2.05, 4.69) is 17.2 Å². The number of aromatic nitrogens is 4. The van der Waals surface area contributed by atoms with Crippen molar-refractivity contribution in [3.05, 3.63) is 27.2 Å². The molecule has 2 unspecified atom stereocenters. The molecule has 2 atom stereocenters. The Bertz CT molecular complexity index is 876. The Morgan fingerprint density at radius 2 is 2.09 bits per heavy atom. The zero-order valence-corrected chi connectivity index (χ0v) is 13.6. The van der Waals surface area contributed by atoms with Gasteiger partial charge in [0.2, 0.25) is 5.91 Å². The summed E-state index contributed by atoms with van der Waals surface area (Å²) in [6.07, 6.45) is 4.46. The van der Waals surface area contributed by atoms with E-state index < -0.39 is 11.2 Å². The predicted octanol–water partition coefficient (Wildman–Crippen LogP) is -0.261. The molecule has 124 valence electrons. The first-order valence-electron chi connectivity index (χ1n) is 7.78. The Kier molecular flexibility index (Phi) is 3.83. The smallest absolute Gasteiger partial charge is 0.332 e. The normalized spacial score (nSPS) is 21.0. The number of amides is 1. The van der Waals surface area contributed by atoms with Gasteiger partial charge in [-0.1, -0.05) is 6.92 Å². The summed E-state index contributed by atoms with van der Waals surface area (Å²) >= 11 is 0. The van der Waals surface area contributed by atoms with Gasteiger partial charge in [0.15, 0.2) is 11.2 Å². The van der Waals surface area contributed by atoms with Crippen LogP contribution in [0.2, 0.25) is 0 Å². The summed E-state index contributed by atoms with van der Waals surface area (Å²) in [5, 5.41) is 2.92. The second-order valence-electron chi connectivity index (χ2n) is 6.44. The number of aryl methyl sites for hydroxylation is 2. The molecule has 0 radical (unpaired) electrons. The second-order valence-corrected chi connectivity index (χ2v) is 6.44. The van der Waals surface area contributed by atoms with Crippen molar-refractivity contribution in [1.29, 1.82) is 0 Å². The van der Waals surface area contributed by atoms with Gasteiger partial charge < -0.3 is 9.88 Å². The molecule has 3 rings (SSSR count). The Morgan fingerprint density at radius 1 is 1.35 bits per heavy atom. The first-order chi connectivity index (χ1) is 10.9. The number of nitrogens with one attached hydrogen (secondary N) is 1. The van der Waals surface area contributed by atoms with Crippen LogP contribution in [-0.4, -0.2) is 30.6 Å². The standard InChI is InChI=1S/C15H21N5O3/c1-9-4-5-10(6-9)17-11(21)7-20-14(22)12-13(16-8-18(12)2)19(3)15(20)23/h8-10H,4-7H2,1-3H3,(H,17,21). The van der Waals surface area contributed by atoms with Crippen molar-refractivity contribution in [2.45, 2.75) is 38.8 Å². The highest BCUT2D eigenvalue weighted by Gasteiger charge is 2.23. The van der Waals surface area contributed by atoms with Gasteiger partial charge in [-0.2, -0.15) is 0 Å². The van der Waals surface area contributed by atoms with Crippen LogP contribution in [0.1, 0.15) is 26.2 Å². The van der Waals surface area contributed by atoms with E-state index in [0.29, 0.717) is 17.1 Å². The van der Waals surface area contributed by atoms with Crippen LogP contribution < -0.4 is 16.6 Å². The van der Waals surface area contributed by atoms with E-state index in [9.17, 15) is 14.4 Å². The Labute approximate surface area is 132 Å². The van der Waals surface area contributed by atoms with Gasteiger partial charge >= 0.3 is 5.69 Å². The predicted molar refractivity (Wildman–Crippen MR) is 85.2 cm³/mol. The summed E-state index contributed by atoms with van der Waals surface area (Å²) < 4.78 is 3.82. The van der Waals surface area contributed by atoms with Crippen LogP contribution in [0.4, 0.5) is 0 Å². The lowest BCUT2D eigenvalue weighted by Gasteiger charge is -2.13. The van der Waals surface area contributed by atoms with Crippen LogP contribution in [0, 0.1) is 5.92 Å². The third kappa shape index (κ3) is 2.69. The summed E-state index contributed by atoms with van der Waals surface area (Å²) in [4.78, 5) is 41.1. The first-order valence-corrected chi connectivity index (χ1v) is 7.78. The number of rotatable bonds is 3. The molecule has 23 heavy (non-hydrogen) atoms. The highest BCUT2D eigenvalue weighted by Crippen LogP contribution is 2.24. The van der Waals surface area contributed by atoms with E-state index in [1.807, 2.05) is 0 Å². The van der Waals surface area contributed by atoms with E-state index in [4.69, 9.17) is 0 Å². The number of hydrogen-bond acceptors (Lipinski definition) is 4.